The topological polar surface area (TPSA) is 58.6 Å². The molecule has 0 saturated heterocycles. The molecule has 0 aromatic heterocycles. The van der Waals surface area contributed by atoms with Gasteiger partial charge >= 0.3 is 0 Å². The van der Waals surface area contributed by atoms with Gasteiger partial charge in [0.05, 0.1) is 18.4 Å². The lowest BCUT2D eigenvalue weighted by Gasteiger charge is -2.03. The van der Waals surface area contributed by atoms with Crippen molar-refractivity contribution in [1.29, 1.82) is 0 Å². The van der Waals surface area contributed by atoms with Gasteiger partial charge in [-0.05, 0) is 29.3 Å². The van der Waals surface area contributed by atoms with Gasteiger partial charge in [0.1, 0.15) is 5.75 Å². The molecule has 0 aliphatic carbocycles. The van der Waals surface area contributed by atoms with Crippen molar-refractivity contribution in [2.75, 3.05) is 7.11 Å². The molecule has 2 N–H and O–H groups in total. The predicted octanol–water partition coefficient (Wildman–Crippen LogP) is 3.14. The van der Waals surface area contributed by atoms with Crippen LogP contribution in [0.1, 0.15) is 11.1 Å². The van der Waals surface area contributed by atoms with Gasteiger partial charge in [-0.25, -0.2) is 0 Å². The van der Waals surface area contributed by atoms with Gasteiger partial charge in [-0.15, -0.1) is 0 Å². The first-order valence-corrected chi connectivity index (χ1v) is 6.85. The Morgan fingerprint density at radius 3 is 2.36 bits per heavy atom. The van der Waals surface area contributed by atoms with Crippen LogP contribution in [0.2, 0.25) is 0 Å². The second-order valence-electron chi connectivity index (χ2n) is 4.87. The van der Waals surface area contributed by atoms with E-state index in [1.165, 1.54) is 0 Å². The minimum absolute atomic E-state index is 0.0426. The fraction of sp³-hybridized carbons (Fsp3) is 0.0556. The monoisotopic (exact) mass is 293 g/mol. The molecule has 0 radical (unpaired) electrons. The van der Waals surface area contributed by atoms with E-state index in [0.717, 1.165) is 5.56 Å². The van der Waals surface area contributed by atoms with E-state index >= 15 is 0 Å². The van der Waals surface area contributed by atoms with E-state index in [-0.39, 0.29) is 17.2 Å². The first-order chi connectivity index (χ1) is 10.7. The van der Waals surface area contributed by atoms with Crippen molar-refractivity contribution in [3.63, 3.8) is 0 Å². The summed E-state index contributed by atoms with van der Waals surface area (Å²) < 4.78 is 5.10. The highest BCUT2D eigenvalue weighted by Gasteiger charge is 2.28. The lowest BCUT2D eigenvalue weighted by molar-refractivity contribution is -0.114. The highest BCUT2D eigenvalue weighted by Crippen LogP contribution is 2.29. The molecular weight excluding hydrogens is 278 g/mol. The summed E-state index contributed by atoms with van der Waals surface area (Å²) in [5.74, 6) is 0.339. The standard InChI is InChI=1S/C18H15NO3/c1-22-14-9-7-13(8-10-14)16-17(20)15(19-18(16)21)11-12-5-3-2-4-6-12/h2-11,20H,1H3,(H,19,21)/b15-11-. The summed E-state index contributed by atoms with van der Waals surface area (Å²) in [4.78, 5) is 12.1. The molecule has 3 rings (SSSR count). The van der Waals surface area contributed by atoms with Crippen LogP contribution in [0.5, 0.6) is 5.75 Å². The van der Waals surface area contributed by atoms with Crippen LogP contribution in [0.25, 0.3) is 11.6 Å². The third-order valence-electron chi connectivity index (χ3n) is 3.46. The number of carbonyl (C=O) groups is 1. The van der Waals surface area contributed by atoms with Crippen LogP contribution in [0, 0.1) is 0 Å². The number of ether oxygens (including phenoxy) is 1. The Hall–Kier alpha value is -3.01. The van der Waals surface area contributed by atoms with Gasteiger partial charge in [-0.2, -0.15) is 0 Å². The van der Waals surface area contributed by atoms with E-state index in [1.54, 1.807) is 37.5 Å². The van der Waals surface area contributed by atoms with Crippen LogP contribution >= 0.6 is 0 Å². The molecule has 0 spiro atoms. The number of amides is 1. The zero-order chi connectivity index (χ0) is 15.5. The van der Waals surface area contributed by atoms with Crippen LogP contribution < -0.4 is 10.1 Å². The number of carbonyl (C=O) groups excluding carboxylic acids is 1. The summed E-state index contributed by atoms with van der Waals surface area (Å²) in [5.41, 5.74) is 2.22. The number of aliphatic hydroxyl groups is 1. The number of methoxy groups -OCH3 is 1. The maximum Gasteiger partial charge on any atom is 0.260 e. The largest absolute Gasteiger partial charge is 0.505 e. The molecule has 0 atom stereocenters. The van der Waals surface area contributed by atoms with Crippen molar-refractivity contribution in [1.82, 2.24) is 5.32 Å². The molecule has 0 fully saturated rings. The number of benzene rings is 2. The molecule has 22 heavy (non-hydrogen) atoms. The summed E-state index contributed by atoms with van der Waals surface area (Å²) in [6.45, 7) is 0. The SMILES string of the molecule is COc1ccc(C2=C(O)/C(=C/c3ccccc3)NC2=O)cc1. The van der Waals surface area contributed by atoms with E-state index < -0.39 is 0 Å². The normalized spacial score (nSPS) is 16.0. The van der Waals surface area contributed by atoms with Crippen LogP contribution in [0.4, 0.5) is 0 Å². The van der Waals surface area contributed by atoms with Crippen molar-refractivity contribution in [2.24, 2.45) is 0 Å². The van der Waals surface area contributed by atoms with Crippen molar-refractivity contribution >= 4 is 17.6 Å². The molecule has 0 saturated carbocycles. The van der Waals surface area contributed by atoms with Crippen molar-refractivity contribution in [3.05, 3.63) is 77.2 Å². The molecule has 4 nitrogen and oxygen atoms in total. The minimum Gasteiger partial charge on any atom is -0.505 e. The zero-order valence-corrected chi connectivity index (χ0v) is 12.0. The molecule has 4 heteroatoms. The van der Waals surface area contributed by atoms with Gasteiger partial charge < -0.3 is 15.2 Å². The summed E-state index contributed by atoms with van der Waals surface area (Å²) >= 11 is 0. The summed E-state index contributed by atoms with van der Waals surface area (Å²) in [7, 11) is 1.58. The second kappa shape index (κ2) is 5.77. The van der Waals surface area contributed by atoms with E-state index in [2.05, 4.69) is 5.32 Å². The average Bonchev–Trinajstić information content (AvgIpc) is 2.82. The van der Waals surface area contributed by atoms with E-state index in [1.807, 2.05) is 30.3 Å². The first kappa shape index (κ1) is 13.9. The molecule has 110 valence electrons. The van der Waals surface area contributed by atoms with E-state index in [4.69, 9.17) is 4.74 Å². The van der Waals surface area contributed by atoms with Crippen LogP contribution in [-0.4, -0.2) is 18.1 Å². The fourth-order valence-electron chi connectivity index (χ4n) is 2.33. The Balaban J connectivity index is 1.99. The van der Waals surface area contributed by atoms with Gasteiger partial charge in [0.15, 0.2) is 5.76 Å². The predicted molar refractivity (Wildman–Crippen MR) is 85.1 cm³/mol. The highest BCUT2D eigenvalue weighted by molar-refractivity contribution is 6.24. The van der Waals surface area contributed by atoms with Gasteiger partial charge in [0, 0.05) is 0 Å². The third-order valence-corrected chi connectivity index (χ3v) is 3.46. The lowest BCUT2D eigenvalue weighted by atomic mass is 10.0. The van der Waals surface area contributed by atoms with Crippen LogP contribution in [-0.2, 0) is 4.79 Å². The second-order valence-corrected chi connectivity index (χ2v) is 4.87. The van der Waals surface area contributed by atoms with Gasteiger partial charge in [0.25, 0.3) is 5.91 Å². The molecule has 1 aliphatic heterocycles. The smallest absolute Gasteiger partial charge is 0.260 e. The van der Waals surface area contributed by atoms with Crippen molar-refractivity contribution < 1.29 is 14.6 Å². The summed E-state index contributed by atoms with van der Waals surface area (Å²) in [6.07, 6.45) is 1.74. The molecule has 1 amide bonds. The Morgan fingerprint density at radius 2 is 1.73 bits per heavy atom. The Bertz CT molecular complexity index is 759. The maximum absolute atomic E-state index is 12.1. The molecule has 1 aliphatic rings. The number of aliphatic hydroxyl groups excluding tert-OH is 1. The van der Waals surface area contributed by atoms with Gasteiger partial charge in [-0.3, -0.25) is 4.79 Å². The Morgan fingerprint density at radius 1 is 1.05 bits per heavy atom. The zero-order valence-electron chi connectivity index (χ0n) is 12.0. The molecule has 2 aromatic rings. The number of hydrogen-bond acceptors (Lipinski definition) is 3. The lowest BCUT2D eigenvalue weighted by Crippen LogP contribution is -2.15. The van der Waals surface area contributed by atoms with Crippen molar-refractivity contribution in [2.45, 2.75) is 0 Å². The minimum atomic E-state index is -0.315. The Labute approximate surface area is 128 Å². The van der Waals surface area contributed by atoms with Gasteiger partial charge in [0.2, 0.25) is 0 Å². The van der Waals surface area contributed by atoms with Crippen LogP contribution in [0.3, 0.4) is 0 Å². The molecule has 0 bridgehead atoms. The van der Waals surface area contributed by atoms with Crippen molar-refractivity contribution in [3.8, 4) is 5.75 Å². The first-order valence-electron chi connectivity index (χ1n) is 6.85. The van der Waals surface area contributed by atoms with E-state index in [0.29, 0.717) is 17.0 Å². The molecule has 1 heterocycles. The maximum atomic E-state index is 12.1. The highest BCUT2D eigenvalue weighted by atomic mass is 16.5. The number of rotatable bonds is 3. The number of hydrogen-bond donors (Lipinski definition) is 2. The third kappa shape index (κ3) is 2.59. The average molecular weight is 293 g/mol. The summed E-state index contributed by atoms with van der Waals surface area (Å²) in [6, 6.07) is 16.5. The van der Waals surface area contributed by atoms with Crippen LogP contribution in [0.15, 0.2) is 66.1 Å². The summed E-state index contributed by atoms with van der Waals surface area (Å²) in [5, 5.41) is 13.1. The molecule has 2 aromatic carbocycles. The molecule has 0 unspecified atom stereocenters. The molecular formula is C18H15NO3. The Kier molecular flexibility index (Phi) is 3.66. The quantitative estimate of drug-likeness (QED) is 0.914. The number of nitrogens with one attached hydrogen (secondary N) is 1. The fourth-order valence-corrected chi connectivity index (χ4v) is 2.33. The van der Waals surface area contributed by atoms with E-state index in [9.17, 15) is 9.90 Å². The van der Waals surface area contributed by atoms with Gasteiger partial charge in [-0.1, -0.05) is 42.5 Å².